The van der Waals surface area contributed by atoms with E-state index in [1.165, 1.54) is 5.56 Å². The van der Waals surface area contributed by atoms with E-state index in [-0.39, 0.29) is 5.91 Å². The quantitative estimate of drug-likeness (QED) is 0.595. The molecule has 0 aliphatic carbocycles. The largest absolute Gasteiger partial charge is 0.381 e. The smallest absolute Gasteiger partial charge is 0.274 e. The van der Waals surface area contributed by atoms with Gasteiger partial charge < -0.3 is 15.5 Å². The van der Waals surface area contributed by atoms with Gasteiger partial charge in [0.25, 0.3) is 5.91 Å². The van der Waals surface area contributed by atoms with Crippen molar-refractivity contribution in [2.24, 2.45) is 0 Å². The van der Waals surface area contributed by atoms with Crippen molar-refractivity contribution < 1.29 is 4.79 Å². The van der Waals surface area contributed by atoms with Crippen LogP contribution in [0.3, 0.4) is 0 Å². The highest BCUT2D eigenvalue weighted by Crippen LogP contribution is 2.18. The first-order valence-corrected chi connectivity index (χ1v) is 9.59. The molecular formula is C23H26N4O. The topological polar surface area (TPSA) is 57.3 Å². The molecule has 0 aliphatic rings. The molecule has 1 heterocycles. The van der Waals surface area contributed by atoms with E-state index in [1.54, 1.807) is 12.3 Å². The third-order valence-corrected chi connectivity index (χ3v) is 4.59. The van der Waals surface area contributed by atoms with E-state index in [4.69, 9.17) is 0 Å². The van der Waals surface area contributed by atoms with Crippen LogP contribution in [0.5, 0.6) is 0 Å². The van der Waals surface area contributed by atoms with Crippen LogP contribution >= 0.6 is 0 Å². The highest BCUT2D eigenvalue weighted by atomic mass is 16.1. The Kier molecular flexibility index (Phi) is 6.63. The number of amides is 1. The minimum atomic E-state index is -0.223. The summed E-state index contributed by atoms with van der Waals surface area (Å²) < 4.78 is 0. The first kappa shape index (κ1) is 19.4. The van der Waals surface area contributed by atoms with Crippen molar-refractivity contribution >= 4 is 23.0 Å². The Morgan fingerprint density at radius 3 is 2.32 bits per heavy atom. The van der Waals surface area contributed by atoms with Crippen molar-refractivity contribution in [1.82, 2.24) is 4.98 Å². The lowest BCUT2D eigenvalue weighted by molar-refractivity contribution is 0.102. The number of carbonyl (C=O) groups excluding carboxylic acids is 1. The Hall–Kier alpha value is -3.34. The lowest BCUT2D eigenvalue weighted by Crippen LogP contribution is -2.21. The predicted octanol–water partition coefficient (Wildman–Crippen LogP) is 4.79. The van der Waals surface area contributed by atoms with Gasteiger partial charge in [-0.25, -0.2) is 0 Å². The number of aromatic nitrogens is 1. The molecule has 0 unspecified atom stereocenters. The molecular weight excluding hydrogens is 348 g/mol. The molecule has 3 rings (SSSR count). The molecule has 144 valence electrons. The van der Waals surface area contributed by atoms with Gasteiger partial charge in [0.2, 0.25) is 0 Å². The number of nitrogens with zero attached hydrogens (tertiary/aromatic N) is 2. The second-order valence-electron chi connectivity index (χ2n) is 6.44. The highest BCUT2D eigenvalue weighted by molar-refractivity contribution is 6.03. The number of pyridine rings is 1. The minimum Gasteiger partial charge on any atom is -0.381 e. The molecule has 0 radical (unpaired) electrons. The fourth-order valence-electron chi connectivity index (χ4n) is 3.00. The first-order chi connectivity index (χ1) is 13.7. The van der Waals surface area contributed by atoms with Crippen LogP contribution in [0.25, 0.3) is 0 Å². The first-order valence-electron chi connectivity index (χ1n) is 9.59. The standard InChI is InChI=1S/C23H26N4O/c1-3-27(4-2)21-12-10-19(11-13-21)26-23(28)22-16-20(14-15-24-22)25-17-18-8-6-5-7-9-18/h5-16H,3-4,17H2,1-2H3,(H,24,25)(H,26,28). The van der Waals surface area contributed by atoms with Crippen LogP contribution in [0, 0.1) is 0 Å². The summed E-state index contributed by atoms with van der Waals surface area (Å²) >= 11 is 0. The maximum absolute atomic E-state index is 12.6. The lowest BCUT2D eigenvalue weighted by Gasteiger charge is -2.21. The van der Waals surface area contributed by atoms with E-state index in [2.05, 4.69) is 46.5 Å². The number of anilines is 3. The summed E-state index contributed by atoms with van der Waals surface area (Å²) in [5.41, 5.74) is 4.32. The Labute approximate surface area is 166 Å². The van der Waals surface area contributed by atoms with Crippen LogP contribution in [0.2, 0.25) is 0 Å². The Morgan fingerprint density at radius 1 is 0.929 bits per heavy atom. The van der Waals surface area contributed by atoms with Gasteiger partial charge in [-0.15, -0.1) is 0 Å². The molecule has 0 spiro atoms. The third kappa shape index (κ3) is 5.10. The summed E-state index contributed by atoms with van der Waals surface area (Å²) in [5, 5.41) is 6.24. The number of benzene rings is 2. The molecule has 0 saturated carbocycles. The van der Waals surface area contributed by atoms with Gasteiger partial charge in [-0.05, 0) is 55.8 Å². The van der Waals surface area contributed by atoms with Crippen molar-refractivity contribution in [2.75, 3.05) is 28.6 Å². The molecule has 0 atom stereocenters. The second-order valence-corrected chi connectivity index (χ2v) is 6.44. The molecule has 0 saturated heterocycles. The molecule has 1 aromatic heterocycles. The summed E-state index contributed by atoms with van der Waals surface area (Å²) in [6.07, 6.45) is 1.64. The van der Waals surface area contributed by atoms with Gasteiger partial charge in [0.1, 0.15) is 5.69 Å². The number of hydrogen-bond acceptors (Lipinski definition) is 4. The molecule has 5 nitrogen and oxygen atoms in total. The normalized spacial score (nSPS) is 10.4. The molecule has 3 aromatic rings. The lowest BCUT2D eigenvalue weighted by atomic mass is 10.2. The van der Waals surface area contributed by atoms with Gasteiger partial charge >= 0.3 is 0 Å². The summed E-state index contributed by atoms with van der Waals surface area (Å²) in [6, 6.07) is 21.6. The molecule has 0 aliphatic heterocycles. The second kappa shape index (κ2) is 9.55. The van der Waals surface area contributed by atoms with E-state index in [1.807, 2.05) is 48.5 Å². The van der Waals surface area contributed by atoms with Crippen LogP contribution in [-0.4, -0.2) is 24.0 Å². The Morgan fingerprint density at radius 2 is 1.64 bits per heavy atom. The van der Waals surface area contributed by atoms with Crippen molar-refractivity contribution in [3.63, 3.8) is 0 Å². The van der Waals surface area contributed by atoms with Crippen molar-refractivity contribution in [2.45, 2.75) is 20.4 Å². The third-order valence-electron chi connectivity index (χ3n) is 4.59. The number of rotatable bonds is 8. The molecule has 0 bridgehead atoms. The summed E-state index contributed by atoms with van der Waals surface area (Å²) in [5.74, 6) is -0.223. The minimum absolute atomic E-state index is 0.223. The van der Waals surface area contributed by atoms with Gasteiger partial charge in [0.15, 0.2) is 0 Å². The van der Waals surface area contributed by atoms with Gasteiger partial charge in [0.05, 0.1) is 0 Å². The van der Waals surface area contributed by atoms with Gasteiger partial charge in [-0.2, -0.15) is 0 Å². The maximum Gasteiger partial charge on any atom is 0.274 e. The number of nitrogens with one attached hydrogen (secondary N) is 2. The SMILES string of the molecule is CCN(CC)c1ccc(NC(=O)c2cc(NCc3ccccc3)ccn2)cc1. The van der Waals surface area contributed by atoms with Crippen LogP contribution in [0.4, 0.5) is 17.1 Å². The fourth-order valence-corrected chi connectivity index (χ4v) is 3.00. The average molecular weight is 374 g/mol. The zero-order valence-corrected chi connectivity index (χ0v) is 16.4. The Balaban J connectivity index is 1.62. The maximum atomic E-state index is 12.6. The van der Waals surface area contributed by atoms with Gasteiger partial charge in [-0.1, -0.05) is 30.3 Å². The summed E-state index contributed by atoms with van der Waals surface area (Å²) in [6.45, 7) is 6.86. The average Bonchev–Trinajstić information content (AvgIpc) is 2.75. The zero-order chi connectivity index (χ0) is 19.8. The molecule has 2 aromatic carbocycles. The van der Waals surface area contributed by atoms with E-state index < -0.39 is 0 Å². The zero-order valence-electron chi connectivity index (χ0n) is 16.4. The fraction of sp³-hybridized carbons (Fsp3) is 0.217. The predicted molar refractivity (Wildman–Crippen MR) is 116 cm³/mol. The molecule has 28 heavy (non-hydrogen) atoms. The molecule has 1 amide bonds. The molecule has 5 heteroatoms. The van der Waals surface area contributed by atoms with Crippen LogP contribution in [-0.2, 0) is 6.54 Å². The highest BCUT2D eigenvalue weighted by Gasteiger charge is 2.09. The van der Waals surface area contributed by atoms with E-state index in [0.717, 1.165) is 30.2 Å². The van der Waals surface area contributed by atoms with Crippen LogP contribution < -0.4 is 15.5 Å². The number of hydrogen-bond donors (Lipinski definition) is 2. The van der Waals surface area contributed by atoms with E-state index in [0.29, 0.717) is 12.2 Å². The van der Waals surface area contributed by atoms with Crippen molar-refractivity contribution in [1.29, 1.82) is 0 Å². The Bertz CT molecular complexity index is 890. The number of carbonyl (C=O) groups is 1. The van der Waals surface area contributed by atoms with Crippen LogP contribution in [0.1, 0.15) is 29.9 Å². The van der Waals surface area contributed by atoms with E-state index in [9.17, 15) is 4.79 Å². The monoisotopic (exact) mass is 374 g/mol. The van der Waals surface area contributed by atoms with E-state index >= 15 is 0 Å². The summed E-state index contributed by atoms with van der Waals surface area (Å²) in [4.78, 5) is 19.0. The van der Waals surface area contributed by atoms with Crippen molar-refractivity contribution in [3.05, 3.63) is 84.2 Å². The van der Waals surface area contributed by atoms with Crippen LogP contribution in [0.15, 0.2) is 72.9 Å². The summed E-state index contributed by atoms with van der Waals surface area (Å²) in [7, 11) is 0. The van der Waals surface area contributed by atoms with Gasteiger partial charge in [0, 0.05) is 42.9 Å². The molecule has 0 fully saturated rings. The molecule has 2 N–H and O–H groups in total. The van der Waals surface area contributed by atoms with Crippen molar-refractivity contribution in [3.8, 4) is 0 Å². The van der Waals surface area contributed by atoms with Gasteiger partial charge in [-0.3, -0.25) is 9.78 Å².